The zero-order valence-corrected chi connectivity index (χ0v) is 9.97. The predicted molar refractivity (Wildman–Crippen MR) is 57.3 cm³/mol. The molecule has 0 saturated carbocycles. The highest BCUT2D eigenvalue weighted by molar-refractivity contribution is 5.79. The second-order valence-electron chi connectivity index (χ2n) is 5.23. The Hall–Kier alpha value is -1.06. The van der Waals surface area contributed by atoms with E-state index >= 15 is 0 Å². The van der Waals surface area contributed by atoms with Gasteiger partial charge in [0.25, 0.3) is 0 Å². The van der Waals surface area contributed by atoms with E-state index in [1.807, 2.05) is 0 Å². The van der Waals surface area contributed by atoms with Crippen LogP contribution in [0.3, 0.4) is 0 Å². The van der Waals surface area contributed by atoms with Crippen LogP contribution >= 0.6 is 0 Å². The Kier molecular flexibility index (Phi) is 5.48. The lowest BCUT2D eigenvalue weighted by Crippen LogP contribution is -2.27. The summed E-state index contributed by atoms with van der Waals surface area (Å²) in [6.07, 6.45) is 0. The summed E-state index contributed by atoms with van der Waals surface area (Å²) in [4.78, 5) is 20.5. The lowest BCUT2D eigenvalue weighted by molar-refractivity contribution is -0.125. The molecule has 14 heavy (non-hydrogen) atoms. The molecule has 0 unspecified atom stereocenters. The van der Waals surface area contributed by atoms with E-state index in [0.29, 0.717) is 0 Å². The van der Waals surface area contributed by atoms with Crippen LogP contribution in [0.4, 0.5) is 0 Å². The maximum absolute atomic E-state index is 10.2. The van der Waals surface area contributed by atoms with Crippen molar-refractivity contribution in [2.24, 2.45) is 22.3 Å². The van der Waals surface area contributed by atoms with E-state index < -0.39 is 0 Å². The second-order valence-corrected chi connectivity index (χ2v) is 5.23. The zero-order valence-electron chi connectivity index (χ0n) is 9.97. The fourth-order valence-electron chi connectivity index (χ4n) is 0. The van der Waals surface area contributed by atoms with Gasteiger partial charge in [-0.1, -0.05) is 41.5 Å². The summed E-state index contributed by atoms with van der Waals surface area (Å²) in [6.45, 7) is 10.7. The summed E-state index contributed by atoms with van der Waals surface area (Å²) >= 11 is 0. The first-order chi connectivity index (χ1) is 5.89. The number of amides is 2. The summed E-state index contributed by atoms with van der Waals surface area (Å²) in [5, 5.41) is 0. The average Bonchev–Trinajstić information content (AvgIpc) is 1.83. The van der Waals surface area contributed by atoms with Gasteiger partial charge in [-0.15, -0.1) is 0 Å². The molecule has 4 nitrogen and oxygen atoms in total. The van der Waals surface area contributed by atoms with E-state index in [1.165, 1.54) is 0 Å². The molecule has 84 valence electrons. The van der Waals surface area contributed by atoms with Gasteiger partial charge in [-0.2, -0.15) is 0 Å². The molecule has 0 aromatic heterocycles. The van der Waals surface area contributed by atoms with Crippen molar-refractivity contribution in [2.75, 3.05) is 0 Å². The summed E-state index contributed by atoms with van der Waals surface area (Å²) in [7, 11) is 0. The molecule has 0 heterocycles. The number of hydrogen-bond acceptors (Lipinski definition) is 2. The monoisotopic (exact) mass is 202 g/mol. The van der Waals surface area contributed by atoms with Crippen LogP contribution < -0.4 is 11.5 Å². The van der Waals surface area contributed by atoms with E-state index in [4.69, 9.17) is 11.5 Å². The number of hydrogen-bond donors (Lipinski definition) is 2. The normalized spacial score (nSPS) is 11.3. The smallest absolute Gasteiger partial charge is 0.222 e. The van der Waals surface area contributed by atoms with Crippen LogP contribution in [0.25, 0.3) is 0 Å². The van der Waals surface area contributed by atoms with E-state index in [-0.39, 0.29) is 22.6 Å². The molecule has 0 atom stereocenters. The van der Waals surface area contributed by atoms with Crippen molar-refractivity contribution in [1.82, 2.24) is 0 Å². The largest absolute Gasteiger partial charge is 0.369 e. The molecule has 0 saturated heterocycles. The molecule has 4 heteroatoms. The second kappa shape index (κ2) is 4.98. The molecule has 0 aliphatic rings. The Morgan fingerprint density at radius 1 is 0.714 bits per heavy atom. The van der Waals surface area contributed by atoms with Gasteiger partial charge in [0.05, 0.1) is 0 Å². The molecule has 0 spiro atoms. The van der Waals surface area contributed by atoms with Crippen molar-refractivity contribution in [1.29, 1.82) is 0 Å². The fraction of sp³-hybridized carbons (Fsp3) is 0.800. The first-order valence-electron chi connectivity index (χ1n) is 4.49. The van der Waals surface area contributed by atoms with Gasteiger partial charge in [-0.3, -0.25) is 9.59 Å². The Morgan fingerprint density at radius 2 is 0.786 bits per heavy atom. The van der Waals surface area contributed by atoms with E-state index in [2.05, 4.69) is 0 Å². The molecule has 0 aromatic rings. The van der Waals surface area contributed by atoms with E-state index in [0.717, 1.165) is 0 Å². The Labute approximate surface area is 86.0 Å². The number of rotatable bonds is 0. The Bertz CT molecular complexity index is 185. The highest BCUT2D eigenvalue weighted by Crippen LogP contribution is 2.10. The minimum atomic E-state index is -0.361. The molecule has 0 radical (unpaired) electrons. The molecule has 0 aromatic carbocycles. The SMILES string of the molecule is CC(C)(C)C(N)=O.CC(C)(C)C(N)=O. The molecule has 0 fully saturated rings. The maximum Gasteiger partial charge on any atom is 0.222 e. The minimum Gasteiger partial charge on any atom is -0.369 e. The minimum absolute atomic E-state index is 0.257. The van der Waals surface area contributed by atoms with Crippen molar-refractivity contribution >= 4 is 11.8 Å². The molecule has 0 rings (SSSR count). The fourth-order valence-corrected chi connectivity index (χ4v) is 0. The van der Waals surface area contributed by atoms with Crippen LogP contribution in [-0.2, 0) is 9.59 Å². The van der Waals surface area contributed by atoms with Crippen molar-refractivity contribution in [3.8, 4) is 0 Å². The lowest BCUT2D eigenvalue weighted by atomic mass is 9.96. The topological polar surface area (TPSA) is 86.2 Å². The van der Waals surface area contributed by atoms with Gasteiger partial charge >= 0.3 is 0 Å². The number of carbonyl (C=O) groups excluding carboxylic acids is 2. The van der Waals surface area contributed by atoms with Gasteiger partial charge in [0.2, 0.25) is 11.8 Å². The third-order valence-corrected chi connectivity index (χ3v) is 1.48. The molecule has 0 aliphatic carbocycles. The van der Waals surface area contributed by atoms with Crippen LogP contribution in [0.2, 0.25) is 0 Å². The quantitative estimate of drug-likeness (QED) is 0.614. The molecular weight excluding hydrogens is 180 g/mol. The first-order valence-corrected chi connectivity index (χ1v) is 4.49. The predicted octanol–water partition coefficient (Wildman–Crippen LogP) is 1.04. The summed E-state index contributed by atoms with van der Waals surface area (Å²) in [5.41, 5.74) is 9.14. The molecule has 2 amide bonds. The molecule has 4 N–H and O–H groups in total. The number of primary amides is 2. The van der Waals surface area contributed by atoms with Gasteiger partial charge in [-0.05, 0) is 0 Å². The third kappa shape index (κ3) is 9.03. The van der Waals surface area contributed by atoms with Crippen LogP contribution in [0.15, 0.2) is 0 Å². The van der Waals surface area contributed by atoms with Crippen molar-refractivity contribution in [3.05, 3.63) is 0 Å². The number of nitrogens with two attached hydrogens (primary N) is 2. The van der Waals surface area contributed by atoms with Crippen LogP contribution in [0.5, 0.6) is 0 Å². The van der Waals surface area contributed by atoms with Crippen LogP contribution in [-0.4, -0.2) is 11.8 Å². The van der Waals surface area contributed by atoms with Crippen molar-refractivity contribution in [3.63, 3.8) is 0 Å². The lowest BCUT2D eigenvalue weighted by Gasteiger charge is -2.10. The average molecular weight is 202 g/mol. The van der Waals surface area contributed by atoms with Crippen molar-refractivity contribution < 1.29 is 9.59 Å². The third-order valence-electron chi connectivity index (χ3n) is 1.48. The van der Waals surface area contributed by atoms with Crippen LogP contribution in [0, 0.1) is 10.8 Å². The summed E-state index contributed by atoms with van der Waals surface area (Å²) < 4.78 is 0. The van der Waals surface area contributed by atoms with E-state index in [1.54, 1.807) is 41.5 Å². The summed E-state index contributed by atoms with van der Waals surface area (Å²) in [5.74, 6) is -0.514. The van der Waals surface area contributed by atoms with Gasteiger partial charge < -0.3 is 11.5 Å². The van der Waals surface area contributed by atoms with Crippen molar-refractivity contribution in [2.45, 2.75) is 41.5 Å². The van der Waals surface area contributed by atoms with E-state index in [9.17, 15) is 9.59 Å². The van der Waals surface area contributed by atoms with Gasteiger partial charge in [0, 0.05) is 10.8 Å². The highest BCUT2D eigenvalue weighted by atomic mass is 16.1. The molecule has 0 aliphatic heterocycles. The maximum atomic E-state index is 10.2. The Morgan fingerprint density at radius 3 is 0.786 bits per heavy atom. The zero-order chi connectivity index (χ0) is 12.2. The van der Waals surface area contributed by atoms with Gasteiger partial charge in [0.15, 0.2) is 0 Å². The number of carbonyl (C=O) groups is 2. The van der Waals surface area contributed by atoms with Gasteiger partial charge in [0.1, 0.15) is 0 Å². The van der Waals surface area contributed by atoms with Crippen LogP contribution in [0.1, 0.15) is 41.5 Å². The summed E-state index contributed by atoms with van der Waals surface area (Å²) in [6, 6.07) is 0. The Balaban J connectivity index is 0. The first kappa shape index (κ1) is 15.4. The standard InChI is InChI=1S/2C5H11NO/c2*1-5(2,3)4(6)7/h2*1-3H3,(H2,6,7). The molecular formula is C10H22N2O2. The molecule has 0 bridgehead atoms. The highest BCUT2D eigenvalue weighted by Gasteiger charge is 2.16. The van der Waals surface area contributed by atoms with Gasteiger partial charge in [-0.25, -0.2) is 0 Å².